The number of aromatic amines is 1. The molecule has 0 saturated carbocycles. The topological polar surface area (TPSA) is 115 Å². The Hall–Kier alpha value is -1.59. The molecule has 3 heterocycles. The van der Waals surface area contributed by atoms with Gasteiger partial charge in [0.05, 0.1) is 5.69 Å². The standard InChI is InChI=1S/C9H9N7OS3/c1-18-8-12-7-11-4(2-5(17)16(7)15-8)3-19-9-14-13-6(10)20-9/h2H,3H2,1H3,(H2,10,13)(H,11,12,15). The van der Waals surface area contributed by atoms with E-state index in [2.05, 4.69) is 25.3 Å². The first kappa shape index (κ1) is 13.4. The normalized spacial score (nSPS) is 11.2. The average molecular weight is 327 g/mol. The molecule has 104 valence electrons. The lowest BCUT2D eigenvalue weighted by molar-refractivity contribution is 0.845. The molecule has 0 unspecified atom stereocenters. The van der Waals surface area contributed by atoms with E-state index in [1.54, 1.807) is 0 Å². The zero-order valence-corrected chi connectivity index (χ0v) is 12.7. The molecule has 0 aliphatic heterocycles. The molecule has 0 bridgehead atoms. The van der Waals surface area contributed by atoms with E-state index < -0.39 is 0 Å². The summed E-state index contributed by atoms with van der Waals surface area (Å²) in [7, 11) is 0. The highest BCUT2D eigenvalue weighted by Gasteiger charge is 2.09. The second-order valence-electron chi connectivity index (χ2n) is 3.65. The van der Waals surface area contributed by atoms with Crippen molar-refractivity contribution in [3.8, 4) is 0 Å². The maximum atomic E-state index is 11.9. The Morgan fingerprint density at radius 1 is 1.45 bits per heavy atom. The van der Waals surface area contributed by atoms with Gasteiger partial charge in [0, 0.05) is 11.8 Å². The van der Waals surface area contributed by atoms with Crippen molar-refractivity contribution in [1.29, 1.82) is 0 Å². The molecule has 0 aliphatic carbocycles. The lowest BCUT2D eigenvalue weighted by atomic mass is 10.4. The number of nitrogens with two attached hydrogens (primary N) is 1. The fourth-order valence-corrected chi connectivity index (χ4v) is 3.37. The fraction of sp³-hybridized carbons (Fsp3) is 0.222. The number of nitrogens with zero attached hydrogens (tertiary/aromatic N) is 5. The molecular weight excluding hydrogens is 318 g/mol. The Morgan fingerprint density at radius 3 is 3.00 bits per heavy atom. The molecule has 3 N–H and O–H groups in total. The molecule has 11 heteroatoms. The second kappa shape index (κ2) is 5.42. The number of nitrogens with one attached hydrogen (secondary N) is 1. The summed E-state index contributed by atoms with van der Waals surface area (Å²) in [6.45, 7) is 0. The van der Waals surface area contributed by atoms with Gasteiger partial charge in [-0.15, -0.1) is 10.2 Å². The molecule has 8 nitrogen and oxygen atoms in total. The minimum atomic E-state index is -0.185. The Balaban J connectivity index is 1.86. The molecule has 0 spiro atoms. The number of anilines is 1. The summed E-state index contributed by atoms with van der Waals surface area (Å²) >= 11 is 4.16. The van der Waals surface area contributed by atoms with Crippen LogP contribution >= 0.6 is 34.9 Å². The largest absolute Gasteiger partial charge is 0.374 e. The maximum absolute atomic E-state index is 11.9. The van der Waals surface area contributed by atoms with Crippen molar-refractivity contribution in [3.05, 3.63) is 22.1 Å². The van der Waals surface area contributed by atoms with Crippen molar-refractivity contribution in [2.24, 2.45) is 0 Å². The van der Waals surface area contributed by atoms with E-state index >= 15 is 0 Å². The number of hydrogen-bond donors (Lipinski definition) is 2. The third-order valence-electron chi connectivity index (χ3n) is 2.32. The number of rotatable bonds is 4. The first-order chi connectivity index (χ1) is 9.65. The van der Waals surface area contributed by atoms with Gasteiger partial charge in [0.15, 0.2) is 9.50 Å². The fourth-order valence-electron chi connectivity index (χ4n) is 1.49. The molecule has 0 atom stereocenters. The lowest BCUT2D eigenvalue weighted by Gasteiger charge is -1.97. The van der Waals surface area contributed by atoms with E-state index in [1.165, 1.54) is 45.4 Å². The minimum Gasteiger partial charge on any atom is -0.374 e. The third kappa shape index (κ3) is 2.64. The predicted molar refractivity (Wildman–Crippen MR) is 79.3 cm³/mol. The Bertz CT molecular complexity index is 807. The van der Waals surface area contributed by atoms with Crippen LogP contribution in [-0.2, 0) is 5.75 Å². The number of fused-ring (bicyclic) bond motifs is 1. The highest BCUT2D eigenvalue weighted by molar-refractivity contribution is 8.00. The number of thioether (sulfide) groups is 2. The molecule has 0 aliphatic rings. The van der Waals surface area contributed by atoms with Gasteiger partial charge < -0.3 is 5.73 Å². The molecule has 3 aromatic heterocycles. The van der Waals surface area contributed by atoms with E-state index in [-0.39, 0.29) is 5.56 Å². The lowest BCUT2D eigenvalue weighted by Crippen LogP contribution is -2.15. The molecule has 3 rings (SSSR count). The molecule has 0 amide bonds. The van der Waals surface area contributed by atoms with Crippen LogP contribution < -0.4 is 11.3 Å². The van der Waals surface area contributed by atoms with Gasteiger partial charge in [0.1, 0.15) is 0 Å². The van der Waals surface area contributed by atoms with E-state index in [4.69, 9.17) is 5.73 Å². The van der Waals surface area contributed by atoms with Crippen LogP contribution in [0.25, 0.3) is 5.78 Å². The van der Waals surface area contributed by atoms with Gasteiger partial charge in [-0.1, -0.05) is 34.9 Å². The Kier molecular flexibility index (Phi) is 3.63. The molecule has 0 radical (unpaired) electrons. The highest BCUT2D eigenvalue weighted by atomic mass is 32.2. The average Bonchev–Trinajstić information content (AvgIpc) is 3.02. The molecule has 20 heavy (non-hydrogen) atoms. The Labute approximate surface area is 125 Å². The van der Waals surface area contributed by atoms with Crippen LogP contribution in [0.4, 0.5) is 5.13 Å². The van der Waals surface area contributed by atoms with E-state index in [0.29, 0.717) is 27.5 Å². The van der Waals surface area contributed by atoms with Gasteiger partial charge >= 0.3 is 0 Å². The summed E-state index contributed by atoms with van der Waals surface area (Å²) in [5, 5.41) is 11.6. The molecular formula is C9H9N7OS3. The number of hydrogen-bond acceptors (Lipinski definition) is 9. The zero-order chi connectivity index (χ0) is 14.1. The van der Waals surface area contributed by atoms with Crippen LogP contribution in [-0.4, -0.2) is 36.0 Å². The third-order valence-corrected chi connectivity index (χ3v) is 4.81. The molecule has 0 saturated heterocycles. The number of aromatic nitrogens is 6. The van der Waals surface area contributed by atoms with Crippen LogP contribution in [0.5, 0.6) is 0 Å². The summed E-state index contributed by atoms with van der Waals surface area (Å²) in [5.41, 5.74) is 5.97. The quantitative estimate of drug-likeness (QED) is 0.678. The molecule has 0 fully saturated rings. The minimum absolute atomic E-state index is 0.185. The van der Waals surface area contributed by atoms with Crippen molar-refractivity contribution in [3.63, 3.8) is 0 Å². The van der Waals surface area contributed by atoms with Crippen LogP contribution in [0, 0.1) is 0 Å². The first-order valence-corrected chi connectivity index (χ1v) is 8.43. The summed E-state index contributed by atoms with van der Waals surface area (Å²) in [6, 6.07) is 1.48. The first-order valence-electron chi connectivity index (χ1n) is 5.40. The monoisotopic (exact) mass is 327 g/mol. The smallest absolute Gasteiger partial charge is 0.274 e. The van der Waals surface area contributed by atoms with Gasteiger partial charge in [-0.2, -0.15) is 9.50 Å². The summed E-state index contributed by atoms with van der Waals surface area (Å²) in [4.78, 5) is 20.5. The van der Waals surface area contributed by atoms with Crippen LogP contribution in [0.1, 0.15) is 5.69 Å². The van der Waals surface area contributed by atoms with Crippen molar-refractivity contribution in [1.82, 2.24) is 29.8 Å². The van der Waals surface area contributed by atoms with Crippen LogP contribution in [0.3, 0.4) is 0 Å². The summed E-state index contributed by atoms with van der Waals surface area (Å²) in [6.07, 6.45) is 1.87. The van der Waals surface area contributed by atoms with Gasteiger partial charge in [0.25, 0.3) is 11.3 Å². The zero-order valence-electron chi connectivity index (χ0n) is 10.2. The van der Waals surface area contributed by atoms with Gasteiger partial charge in [-0.25, -0.2) is 4.98 Å². The number of H-pyrrole nitrogens is 1. The highest BCUT2D eigenvalue weighted by Crippen LogP contribution is 2.26. The SMILES string of the molecule is CSc1nc2nc(CSc3nnc(N)s3)cc(=O)n2[nH]1. The Morgan fingerprint density at radius 2 is 2.30 bits per heavy atom. The molecule has 0 aromatic carbocycles. The summed E-state index contributed by atoms with van der Waals surface area (Å²) in [5.74, 6) is 0.885. The number of nitrogen functional groups attached to an aromatic ring is 1. The van der Waals surface area contributed by atoms with Crippen molar-refractivity contribution in [2.45, 2.75) is 15.2 Å². The van der Waals surface area contributed by atoms with E-state index in [0.717, 1.165) is 4.34 Å². The second-order valence-corrected chi connectivity index (χ2v) is 6.68. The maximum Gasteiger partial charge on any atom is 0.274 e. The predicted octanol–water partition coefficient (Wildman–Crippen LogP) is 0.865. The van der Waals surface area contributed by atoms with Crippen LogP contribution in [0.15, 0.2) is 20.4 Å². The van der Waals surface area contributed by atoms with E-state index in [9.17, 15) is 4.79 Å². The van der Waals surface area contributed by atoms with Crippen molar-refractivity contribution >= 4 is 45.8 Å². The van der Waals surface area contributed by atoms with E-state index in [1.807, 2.05) is 6.26 Å². The van der Waals surface area contributed by atoms with Crippen molar-refractivity contribution in [2.75, 3.05) is 12.0 Å². The van der Waals surface area contributed by atoms with Gasteiger partial charge in [0.2, 0.25) is 5.13 Å². The summed E-state index contributed by atoms with van der Waals surface area (Å²) < 4.78 is 2.07. The van der Waals surface area contributed by atoms with Gasteiger partial charge in [-0.05, 0) is 6.26 Å². The van der Waals surface area contributed by atoms with Crippen LogP contribution in [0.2, 0.25) is 0 Å². The van der Waals surface area contributed by atoms with Gasteiger partial charge in [-0.3, -0.25) is 9.89 Å². The molecule has 3 aromatic rings. The van der Waals surface area contributed by atoms with Crippen molar-refractivity contribution < 1.29 is 0 Å².